The van der Waals surface area contributed by atoms with E-state index in [1.54, 1.807) is 7.11 Å². The van der Waals surface area contributed by atoms with Crippen molar-refractivity contribution in [1.82, 2.24) is 41.5 Å². The first kappa shape index (κ1) is 40.9. The zero-order valence-electron chi connectivity index (χ0n) is 30.7. The Morgan fingerprint density at radius 1 is 1.08 bits per heavy atom. The van der Waals surface area contributed by atoms with Crippen molar-refractivity contribution in [2.24, 2.45) is 5.92 Å². The van der Waals surface area contributed by atoms with Gasteiger partial charge in [0.15, 0.2) is 16.0 Å². The van der Waals surface area contributed by atoms with Crippen molar-refractivity contribution >= 4 is 27.5 Å². The maximum absolute atomic E-state index is 16.1. The Bertz CT molecular complexity index is 1310. The Morgan fingerprint density at radius 2 is 1.78 bits per heavy atom. The van der Waals surface area contributed by atoms with Crippen molar-refractivity contribution in [3.63, 3.8) is 0 Å². The molecule has 0 aromatic carbocycles. The number of hydrogen-bond donors (Lipinski definition) is 5. The minimum Gasteiger partial charge on any atom is -0.375 e. The van der Waals surface area contributed by atoms with Gasteiger partial charge in [-0.2, -0.15) is 0 Å². The van der Waals surface area contributed by atoms with Gasteiger partial charge < -0.3 is 14.5 Å². The number of alkyl halides is 2. The number of amides is 1. The number of halogens is 2. The number of carbonyl (C=O) groups excluding carboxylic acids is 1. The number of piperazine rings is 1. The molecule has 5 N–H and O–H groups in total. The molecule has 5 aliphatic rings. The highest BCUT2D eigenvalue weighted by Crippen LogP contribution is 2.45. The molecule has 5 fully saturated rings. The fraction of sp³-hybridized carbons (Fsp3) is 0.969. The summed E-state index contributed by atoms with van der Waals surface area (Å²) in [5.41, 5.74) is 6.11. The SMILES string of the molecule is COC1C(NC2CC(C)NN2)NC(SC2CCC(S(=O)(=O)C(C)(C)C3CCCC([N+](=O)[O-])C3F)CC2F)NC1N1CCN(C(=O)CN(C)C)CC1. The van der Waals surface area contributed by atoms with Crippen LogP contribution in [0, 0.1) is 16.0 Å². The third-order valence-corrected chi connectivity index (χ3v) is 16.1. The van der Waals surface area contributed by atoms with Crippen LogP contribution in [0.2, 0.25) is 0 Å². The van der Waals surface area contributed by atoms with E-state index in [0.717, 1.165) is 6.42 Å². The van der Waals surface area contributed by atoms with Crippen molar-refractivity contribution in [2.45, 2.75) is 135 Å². The molecule has 15 nitrogen and oxygen atoms in total. The van der Waals surface area contributed by atoms with Crippen LogP contribution in [-0.2, 0) is 19.4 Å². The fourth-order valence-corrected chi connectivity index (χ4v) is 12.3. The Kier molecular flexibility index (Phi) is 13.6. The first-order valence-corrected chi connectivity index (χ1v) is 20.8. The van der Waals surface area contributed by atoms with E-state index in [1.807, 2.05) is 23.9 Å². The molecular formula is C32H59F2N9O6S2. The van der Waals surface area contributed by atoms with Crippen molar-refractivity contribution < 1.29 is 31.7 Å². The highest BCUT2D eigenvalue weighted by molar-refractivity contribution is 8.00. The quantitative estimate of drug-likeness (QED) is 0.138. The zero-order valence-corrected chi connectivity index (χ0v) is 32.4. The van der Waals surface area contributed by atoms with Crippen LogP contribution in [0.15, 0.2) is 0 Å². The first-order valence-electron chi connectivity index (χ1n) is 18.3. The molecule has 0 bridgehead atoms. The lowest BCUT2D eigenvalue weighted by Crippen LogP contribution is -2.75. The summed E-state index contributed by atoms with van der Waals surface area (Å²) >= 11 is 1.40. The maximum Gasteiger partial charge on any atom is 0.244 e. The predicted octanol–water partition coefficient (Wildman–Crippen LogP) is 0.607. The van der Waals surface area contributed by atoms with E-state index in [1.165, 1.54) is 25.6 Å². The number of thioether (sulfide) groups is 1. The molecule has 19 heteroatoms. The zero-order chi connectivity index (χ0) is 37.2. The van der Waals surface area contributed by atoms with Crippen LogP contribution in [0.1, 0.15) is 65.7 Å². The van der Waals surface area contributed by atoms with E-state index in [9.17, 15) is 23.3 Å². The third-order valence-electron chi connectivity index (χ3n) is 11.6. The first-order chi connectivity index (χ1) is 24.0. The van der Waals surface area contributed by atoms with E-state index >= 15 is 8.78 Å². The summed E-state index contributed by atoms with van der Waals surface area (Å²) in [5.74, 6) is -0.940. The molecule has 3 saturated heterocycles. The maximum atomic E-state index is 16.1. The molecule has 2 saturated carbocycles. The average Bonchev–Trinajstić information content (AvgIpc) is 3.48. The molecule has 3 heterocycles. The Labute approximate surface area is 305 Å². The van der Waals surface area contributed by atoms with Gasteiger partial charge in [-0.1, -0.05) is 0 Å². The highest BCUT2D eigenvalue weighted by atomic mass is 32.2. The van der Waals surface area contributed by atoms with Crippen LogP contribution in [0.3, 0.4) is 0 Å². The van der Waals surface area contributed by atoms with Crippen LogP contribution in [0.25, 0.3) is 0 Å². The second-order valence-corrected chi connectivity index (χ2v) is 19.9. The number of sulfone groups is 1. The number of nitrogens with one attached hydrogen (secondary N) is 5. The molecule has 12 unspecified atom stereocenters. The molecular weight excluding hydrogens is 709 g/mol. The van der Waals surface area contributed by atoms with E-state index in [2.05, 4.69) is 38.6 Å². The summed E-state index contributed by atoms with van der Waals surface area (Å²) in [7, 11) is 1.38. The van der Waals surface area contributed by atoms with Crippen LogP contribution >= 0.6 is 11.8 Å². The molecule has 1 amide bonds. The number of methoxy groups -OCH3 is 1. The highest BCUT2D eigenvalue weighted by Gasteiger charge is 2.55. The second kappa shape index (κ2) is 17.0. The van der Waals surface area contributed by atoms with Crippen molar-refractivity contribution in [3.05, 3.63) is 10.1 Å². The number of ether oxygens (including phenoxy) is 1. The lowest BCUT2D eigenvalue weighted by atomic mass is 9.77. The molecule has 0 aromatic rings. The number of nitrogens with zero attached hydrogens (tertiary/aromatic N) is 4. The number of nitro groups is 1. The molecule has 0 aromatic heterocycles. The largest absolute Gasteiger partial charge is 0.375 e. The van der Waals surface area contributed by atoms with Gasteiger partial charge in [0.25, 0.3) is 0 Å². The monoisotopic (exact) mass is 767 g/mol. The predicted molar refractivity (Wildman–Crippen MR) is 192 cm³/mol. The smallest absolute Gasteiger partial charge is 0.244 e. The van der Waals surface area contributed by atoms with E-state index < -0.39 is 59.8 Å². The Balaban J connectivity index is 1.26. The standard InChI is InChI=1S/C32H59F2N9O6S2/c1-19-16-25(39-38-19)35-29-28(49-6)30(42-14-12-41(13-15-42)26(44)18-40(4)5)37-31(36-29)50-24-11-10-20(17-22(24)33)51(47,48)32(2,3)21-8-7-9-23(27(21)34)43(45)46/h19-25,27-31,35-39H,7-18H2,1-6H3. The third kappa shape index (κ3) is 9.16. The van der Waals surface area contributed by atoms with Crippen molar-refractivity contribution in [3.8, 4) is 0 Å². The van der Waals surface area contributed by atoms with Gasteiger partial charge in [0.05, 0.1) is 35.0 Å². The summed E-state index contributed by atoms with van der Waals surface area (Å²) in [5, 5.41) is 20.8. The molecule has 0 radical (unpaired) electrons. The van der Waals surface area contributed by atoms with Gasteiger partial charge in [0.2, 0.25) is 11.9 Å². The van der Waals surface area contributed by atoms with Gasteiger partial charge in [-0.05, 0) is 73.4 Å². The molecule has 3 aliphatic heterocycles. The lowest BCUT2D eigenvalue weighted by Gasteiger charge is -2.50. The van der Waals surface area contributed by atoms with Gasteiger partial charge in [0, 0.05) is 61.8 Å². The summed E-state index contributed by atoms with van der Waals surface area (Å²) in [6.07, 6.45) is -2.37. The molecule has 0 spiro atoms. The van der Waals surface area contributed by atoms with E-state index in [0.29, 0.717) is 45.6 Å². The molecule has 51 heavy (non-hydrogen) atoms. The van der Waals surface area contributed by atoms with Gasteiger partial charge in [-0.25, -0.2) is 22.6 Å². The van der Waals surface area contributed by atoms with Crippen LogP contribution in [0.4, 0.5) is 8.78 Å². The van der Waals surface area contributed by atoms with Crippen molar-refractivity contribution in [1.29, 1.82) is 0 Å². The van der Waals surface area contributed by atoms with Crippen molar-refractivity contribution in [2.75, 3.05) is 53.9 Å². The van der Waals surface area contributed by atoms with Gasteiger partial charge in [-0.3, -0.25) is 41.2 Å². The minimum atomic E-state index is -4.03. The normalized spacial score (nSPS) is 39.0. The van der Waals surface area contributed by atoms with Crippen LogP contribution in [0.5, 0.6) is 0 Å². The summed E-state index contributed by atoms with van der Waals surface area (Å²) in [6, 6.07) is -1.15. The lowest BCUT2D eigenvalue weighted by molar-refractivity contribution is -0.536. The molecule has 12 atom stereocenters. The summed E-state index contributed by atoms with van der Waals surface area (Å²) in [4.78, 5) is 29.6. The molecule has 5 rings (SSSR count). The molecule has 294 valence electrons. The van der Waals surface area contributed by atoms with Gasteiger partial charge >= 0.3 is 0 Å². The number of hydrogen-bond acceptors (Lipinski definition) is 14. The minimum absolute atomic E-state index is 0.0355. The number of rotatable bonds is 12. The number of hydrazine groups is 1. The topological polar surface area (TPSA) is 173 Å². The van der Waals surface area contributed by atoms with Gasteiger partial charge in [-0.15, -0.1) is 11.8 Å². The van der Waals surface area contributed by atoms with Gasteiger partial charge in [0.1, 0.15) is 17.8 Å². The van der Waals surface area contributed by atoms with E-state index in [-0.39, 0.29) is 62.2 Å². The van der Waals surface area contributed by atoms with Crippen LogP contribution < -0.4 is 26.8 Å². The van der Waals surface area contributed by atoms with E-state index in [4.69, 9.17) is 4.74 Å². The second-order valence-electron chi connectivity index (χ2n) is 15.7. The van der Waals surface area contributed by atoms with Crippen LogP contribution in [-0.4, -0.2) is 158 Å². The Hall–Kier alpha value is -1.29. The number of carbonyl (C=O) groups is 1. The molecule has 2 aliphatic carbocycles. The number of likely N-dealkylation sites (N-methyl/N-ethyl adjacent to an activating group) is 1. The average molecular weight is 768 g/mol. The summed E-state index contributed by atoms with van der Waals surface area (Å²) in [6.45, 7) is 7.77. The fourth-order valence-electron chi connectivity index (χ4n) is 8.59. The summed E-state index contributed by atoms with van der Waals surface area (Å²) < 4.78 is 64.0. The Morgan fingerprint density at radius 3 is 2.37 bits per heavy atom.